The Kier molecular flexibility index (Phi) is 2.45. The van der Waals surface area contributed by atoms with Gasteiger partial charge in [-0.1, -0.05) is 46.3 Å². The largest absolute Gasteiger partial charge is 0.277 e. The molecule has 1 heterocycles. The number of hydrogen-bond donors (Lipinski definition) is 1. The normalized spacial score (nSPS) is 11.5. The molecule has 0 radical (unpaired) electrons. The highest BCUT2D eigenvalue weighted by Gasteiger charge is 1.97. The number of fused-ring (bicyclic) bond motifs is 1. The van der Waals surface area contributed by atoms with Gasteiger partial charge in [-0.3, -0.25) is 5.10 Å². The Bertz CT molecular complexity index is 431. The molecule has 0 atom stereocenters. The molecule has 0 saturated heterocycles. The number of halogens is 1. The lowest BCUT2D eigenvalue weighted by molar-refractivity contribution is 1.12. The molecule has 0 spiro atoms. The van der Waals surface area contributed by atoms with E-state index < -0.39 is 0 Å². The van der Waals surface area contributed by atoms with Crippen LogP contribution < -0.4 is 0 Å². The zero-order chi connectivity index (χ0) is 9.10. The first-order valence-electron chi connectivity index (χ1n) is 4.06. The van der Waals surface area contributed by atoms with E-state index in [4.69, 9.17) is 0 Å². The molecule has 0 aliphatic heterocycles. The number of benzene rings is 1. The third-order valence-electron chi connectivity index (χ3n) is 1.90. The fraction of sp³-hybridized carbons (Fsp3) is 0.100. The van der Waals surface area contributed by atoms with Gasteiger partial charge in [0, 0.05) is 10.7 Å². The summed E-state index contributed by atoms with van der Waals surface area (Å²) in [5.74, 6) is 0. The van der Waals surface area contributed by atoms with Crippen molar-refractivity contribution in [3.8, 4) is 0 Å². The number of nitrogens with one attached hydrogen (secondary N) is 1. The predicted molar refractivity (Wildman–Crippen MR) is 58.9 cm³/mol. The lowest BCUT2D eigenvalue weighted by Gasteiger charge is -1.94. The maximum absolute atomic E-state index is 4.00. The maximum Gasteiger partial charge on any atom is 0.0722 e. The molecular formula is C10H9BrN2. The fourth-order valence-electron chi connectivity index (χ4n) is 1.30. The molecule has 1 N–H and O–H groups in total. The number of para-hydroxylation sites is 1. The molecule has 0 aliphatic carbocycles. The van der Waals surface area contributed by atoms with Crippen molar-refractivity contribution in [1.29, 1.82) is 0 Å². The minimum Gasteiger partial charge on any atom is -0.277 e. The quantitative estimate of drug-likeness (QED) is 0.799. The molecule has 2 nitrogen and oxygen atoms in total. The third-order valence-corrected chi connectivity index (χ3v) is 2.27. The van der Waals surface area contributed by atoms with E-state index in [1.807, 2.05) is 18.3 Å². The molecule has 0 amide bonds. The SMILES string of the molecule is BrCC=Cc1cccc2cn[nH]c12. The Hall–Kier alpha value is -1.09. The average molecular weight is 237 g/mol. The summed E-state index contributed by atoms with van der Waals surface area (Å²) in [6.45, 7) is 0. The molecular weight excluding hydrogens is 228 g/mol. The van der Waals surface area contributed by atoms with Crippen LogP contribution in [-0.2, 0) is 0 Å². The highest BCUT2D eigenvalue weighted by atomic mass is 79.9. The molecule has 3 heteroatoms. The molecule has 13 heavy (non-hydrogen) atoms. The first-order valence-corrected chi connectivity index (χ1v) is 5.18. The van der Waals surface area contributed by atoms with Gasteiger partial charge in [0.1, 0.15) is 0 Å². The molecule has 0 unspecified atom stereocenters. The van der Waals surface area contributed by atoms with Crippen LogP contribution in [0.5, 0.6) is 0 Å². The van der Waals surface area contributed by atoms with Gasteiger partial charge in [-0.15, -0.1) is 0 Å². The Labute approximate surface area is 84.8 Å². The van der Waals surface area contributed by atoms with Crippen molar-refractivity contribution in [2.45, 2.75) is 0 Å². The van der Waals surface area contributed by atoms with Gasteiger partial charge < -0.3 is 0 Å². The predicted octanol–water partition coefficient (Wildman–Crippen LogP) is 2.97. The van der Waals surface area contributed by atoms with Crippen LogP contribution in [0.25, 0.3) is 17.0 Å². The van der Waals surface area contributed by atoms with Crippen molar-refractivity contribution >= 4 is 32.9 Å². The summed E-state index contributed by atoms with van der Waals surface area (Å²) in [5, 5.41) is 9.00. The lowest BCUT2D eigenvalue weighted by atomic mass is 10.1. The molecule has 2 aromatic rings. The van der Waals surface area contributed by atoms with Crippen molar-refractivity contribution < 1.29 is 0 Å². The van der Waals surface area contributed by atoms with E-state index in [1.165, 1.54) is 5.56 Å². The van der Waals surface area contributed by atoms with Crippen molar-refractivity contribution in [3.05, 3.63) is 36.0 Å². The van der Waals surface area contributed by atoms with E-state index in [-0.39, 0.29) is 0 Å². The Morgan fingerprint density at radius 3 is 3.23 bits per heavy atom. The first-order chi connectivity index (χ1) is 6.42. The van der Waals surface area contributed by atoms with E-state index in [0.717, 1.165) is 16.2 Å². The molecule has 0 aliphatic rings. The van der Waals surface area contributed by atoms with E-state index in [9.17, 15) is 0 Å². The lowest BCUT2D eigenvalue weighted by Crippen LogP contribution is -1.76. The fourth-order valence-corrected chi connectivity index (χ4v) is 1.49. The van der Waals surface area contributed by atoms with Gasteiger partial charge in [0.25, 0.3) is 0 Å². The monoisotopic (exact) mass is 236 g/mol. The minimum atomic E-state index is 0.873. The number of aromatic nitrogens is 2. The summed E-state index contributed by atoms with van der Waals surface area (Å²) < 4.78 is 0. The highest BCUT2D eigenvalue weighted by molar-refractivity contribution is 9.09. The summed E-state index contributed by atoms with van der Waals surface area (Å²) in [6.07, 6.45) is 5.98. The number of allylic oxidation sites excluding steroid dienone is 1. The van der Waals surface area contributed by atoms with Gasteiger partial charge >= 0.3 is 0 Å². The van der Waals surface area contributed by atoms with Gasteiger partial charge in [-0.05, 0) is 5.56 Å². The summed E-state index contributed by atoms with van der Waals surface area (Å²) >= 11 is 3.35. The second-order valence-corrected chi connectivity index (χ2v) is 3.39. The second kappa shape index (κ2) is 3.75. The zero-order valence-corrected chi connectivity index (χ0v) is 8.58. The van der Waals surface area contributed by atoms with E-state index in [1.54, 1.807) is 0 Å². The number of H-pyrrole nitrogens is 1. The standard InChI is InChI=1S/C10H9BrN2/c11-6-2-5-8-3-1-4-9-7-12-13-10(8)9/h1-5,7H,6H2,(H,12,13). The maximum atomic E-state index is 4.00. The molecule has 66 valence electrons. The van der Waals surface area contributed by atoms with E-state index in [0.29, 0.717) is 0 Å². The van der Waals surface area contributed by atoms with Gasteiger partial charge in [-0.2, -0.15) is 5.10 Å². The summed E-state index contributed by atoms with van der Waals surface area (Å²) in [4.78, 5) is 0. The Balaban J connectivity index is 2.54. The van der Waals surface area contributed by atoms with Gasteiger partial charge in [0.15, 0.2) is 0 Å². The van der Waals surface area contributed by atoms with Crippen molar-refractivity contribution in [1.82, 2.24) is 10.2 Å². The van der Waals surface area contributed by atoms with Crippen LogP contribution in [0.1, 0.15) is 5.56 Å². The van der Waals surface area contributed by atoms with Crippen LogP contribution in [0.3, 0.4) is 0 Å². The zero-order valence-electron chi connectivity index (χ0n) is 7.00. The van der Waals surface area contributed by atoms with Crippen molar-refractivity contribution in [3.63, 3.8) is 0 Å². The molecule has 1 aromatic carbocycles. The number of aromatic amines is 1. The third kappa shape index (κ3) is 1.65. The molecule has 0 saturated carbocycles. The van der Waals surface area contributed by atoms with Crippen LogP contribution >= 0.6 is 15.9 Å². The second-order valence-electron chi connectivity index (χ2n) is 2.74. The van der Waals surface area contributed by atoms with Crippen LogP contribution in [0, 0.1) is 0 Å². The van der Waals surface area contributed by atoms with Crippen LogP contribution in [-0.4, -0.2) is 15.5 Å². The minimum absolute atomic E-state index is 0.873. The smallest absolute Gasteiger partial charge is 0.0722 e. The number of alkyl halides is 1. The molecule has 0 bridgehead atoms. The van der Waals surface area contributed by atoms with Crippen molar-refractivity contribution in [2.75, 3.05) is 5.33 Å². The highest BCUT2D eigenvalue weighted by Crippen LogP contribution is 2.16. The van der Waals surface area contributed by atoms with Crippen LogP contribution in [0.4, 0.5) is 0 Å². The topological polar surface area (TPSA) is 28.7 Å². The van der Waals surface area contributed by atoms with E-state index >= 15 is 0 Å². The summed E-state index contributed by atoms with van der Waals surface area (Å²) in [7, 11) is 0. The Morgan fingerprint density at radius 1 is 1.46 bits per heavy atom. The van der Waals surface area contributed by atoms with Gasteiger partial charge in [0.2, 0.25) is 0 Å². The molecule has 2 rings (SSSR count). The summed E-state index contributed by atoms with van der Waals surface area (Å²) in [6, 6.07) is 6.15. The number of nitrogens with zero attached hydrogens (tertiary/aromatic N) is 1. The van der Waals surface area contributed by atoms with Crippen molar-refractivity contribution in [2.24, 2.45) is 0 Å². The first kappa shape index (κ1) is 8.51. The molecule has 1 aromatic heterocycles. The van der Waals surface area contributed by atoms with Gasteiger partial charge in [-0.25, -0.2) is 0 Å². The number of hydrogen-bond acceptors (Lipinski definition) is 1. The van der Waals surface area contributed by atoms with Crippen LogP contribution in [0.2, 0.25) is 0 Å². The summed E-state index contributed by atoms with van der Waals surface area (Å²) in [5.41, 5.74) is 2.27. The Morgan fingerprint density at radius 2 is 2.38 bits per heavy atom. The van der Waals surface area contributed by atoms with Crippen LogP contribution in [0.15, 0.2) is 30.5 Å². The average Bonchev–Trinajstić information content (AvgIpc) is 2.62. The molecule has 0 fully saturated rings. The number of rotatable bonds is 2. The van der Waals surface area contributed by atoms with Gasteiger partial charge in [0.05, 0.1) is 11.7 Å². The van der Waals surface area contributed by atoms with E-state index in [2.05, 4.69) is 44.3 Å².